The predicted octanol–water partition coefficient (Wildman–Crippen LogP) is 2.49. The molecular weight excluding hydrogens is 236 g/mol. The molecule has 2 fully saturated rings. The third-order valence-corrected chi connectivity index (χ3v) is 5.28. The molecule has 1 heterocycles. The summed E-state index contributed by atoms with van der Waals surface area (Å²) in [4.78, 5) is 11.4. The first kappa shape index (κ1) is 11.5. The van der Waals surface area contributed by atoms with Crippen molar-refractivity contribution in [2.45, 2.75) is 31.7 Å². The Morgan fingerprint density at radius 1 is 1.32 bits per heavy atom. The molecule has 3 aliphatic rings. The number of carbonyl (C=O) groups is 1. The van der Waals surface area contributed by atoms with Crippen LogP contribution in [-0.2, 0) is 11.2 Å². The van der Waals surface area contributed by atoms with E-state index >= 15 is 0 Å². The van der Waals surface area contributed by atoms with Gasteiger partial charge in [-0.2, -0.15) is 0 Å². The number of amides is 1. The van der Waals surface area contributed by atoms with Crippen molar-refractivity contribution in [1.29, 1.82) is 0 Å². The molecule has 0 radical (unpaired) electrons. The van der Waals surface area contributed by atoms with Gasteiger partial charge in [0.2, 0.25) is 5.91 Å². The van der Waals surface area contributed by atoms with Gasteiger partial charge in [0.15, 0.2) is 0 Å². The Morgan fingerprint density at radius 2 is 2.11 bits per heavy atom. The normalized spacial score (nSPS) is 32.7. The molecule has 100 valence electrons. The smallest absolute Gasteiger partial charge is 0.228 e. The summed E-state index contributed by atoms with van der Waals surface area (Å²) < 4.78 is 0. The summed E-state index contributed by atoms with van der Waals surface area (Å²) in [5, 5.41) is 6.41. The SMILES string of the molecule is CNC(c1ccc2c(c1)CC(=O)N2)C1C2CCCC21. The van der Waals surface area contributed by atoms with Crippen molar-refractivity contribution in [2.24, 2.45) is 17.8 Å². The van der Waals surface area contributed by atoms with Crippen molar-refractivity contribution in [3.05, 3.63) is 29.3 Å². The lowest BCUT2D eigenvalue weighted by Gasteiger charge is -2.19. The van der Waals surface area contributed by atoms with Gasteiger partial charge in [-0.05, 0) is 54.8 Å². The van der Waals surface area contributed by atoms with Crippen LogP contribution in [0.2, 0.25) is 0 Å². The maximum absolute atomic E-state index is 11.4. The van der Waals surface area contributed by atoms with Gasteiger partial charge < -0.3 is 10.6 Å². The van der Waals surface area contributed by atoms with E-state index in [9.17, 15) is 4.79 Å². The Kier molecular flexibility index (Phi) is 2.46. The van der Waals surface area contributed by atoms with E-state index in [1.54, 1.807) is 0 Å². The Labute approximate surface area is 113 Å². The molecule has 19 heavy (non-hydrogen) atoms. The van der Waals surface area contributed by atoms with Crippen LogP contribution < -0.4 is 10.6 Å². The Balaban J connectivity index is 1.61. The Hall–Kier alpha value is -1.35. The van der Waals surface area contributed by atoms with E-state index in [1.807, 2.05) is 0 Å². The lowest BCUT2D eigenvalue weighted by Crippen LogP contribution is -2.20. The summed E-state index contributed by atoms with van der Waals surface area (Å²) in [6, 6.07) is 6.94. The van der Waals surface area contributed by atoms with Gasteiger partial charge in [0.25, 0.3) is 0 Å². The highest BCUT2D eigenvalue weighted by Gasteiger charge is 2.55. The van der Waals surface area contributed by atoms with Crippen LogP contribution in [0.25, 0.3) is 0 Å². The third-order valence-electron chi connectivity index (χ3n) is 5.28. The molecule has 3 nitrogen and oxygen atoms in total. The zero-order valence-corrected chi connectivity index (χ0v) is 11.3. The minimum absolute atomic E-state index is 0.122. The monoisotopic (exact) mass is 256 g/mol. The zero-order chi connectivity index (χ0) is 13.0. The van der Waals surface area contributed by atoms with Gasteiger partial charge in [0.1, 0.15) is 0 Å². The van der Waals surface area contributed by atoms with Crippen LogP contribution >= 0.6 is 0 Å². The first-order valence-corrected chi connectivity index (χ1v) is 7.38. The minimum Gasteiger partial charge on any atom is -0.326 e. The van der Waals surface area contributed by atoms with Crippen LogP contribution in [0.5, 0.6) is 0 Å². The Bertz CT molecular complexity index is 530. The first-order chi connectivity index (χ1) is 9.28. The molecule has 0 saturated heterocycles. The molecule has 2 aliphatic carbocycles. The molecule has 0 spiro atoms. The maximum atomic E-state index is 11.4. The van der Waals surface area contributed by atoms with E-state index in [4.69, 9.17) is 0 Å². The van der Waals surface area contributed by atoms with E-state index in [0.29, 0.717) is 12.5 Å². The third kappa shape index (κ3) is 1.71. The summed E-state index contributed by atoms with van der Waals surface area (Å²) in [6.45, 7) is 0. The number of fused-ring (bicyclic) bond motifs is 2. The molecule has 0 aromatic heterocycles. The van der Waals surface area contributed by atoms with Crippen molar-refractivity contribution >= 4 is 11.6 Å². The molecule has 1 amide bonds. The zero-order valence-electron chi connectivity index (χ0n) is 11.3. The molecule has 3 atom stereocenters. The summed E-state index contributed by atoms with van der Waals surface area (Å²) >= 11 is 0. The van der Waals surface area contributed by atoms with Gasteiger partial charge in [0, 0.05) is 11.7 Å². The number of rotatable bonds is 3. The van der Waals surface area contributed by atoms with E-state index in [1.165, 1.54) is 24.8 Å². The number of hydrogen-bond donors (Lipinski definition) is 2. The Morgan fingerprint density at radius 3 is 2.84 bits per heavy atom. The van der Waals surface area contributed by atoms with Crippen molar-refractivity contribution in [3.8, 4) is 0 Å². The number of nitrogens with one attached hydrogen (secondary N) is 2. The van der Waals surface area contributed by atoms with Gasteiger partial charge in [-0.1, -0.05) is 18.6 Å². The lowest BCUT2D eigenvalue weighted by molar-refractivity contribution is -0.115. The van der Waals surface area contributed by atoms with Crippen LogP contribution in [0.15, 0.2) is 18.2 Å². The summed E-state index contributed by atoms with van der Waals surface area (Å²) in [5.41, 5.74) is 3.52. The predicted molar refractivity (Wildman–Crippen MR) is 74.9 cm³/mol. The molecule has 1 aromatic rings. The molecule has 3 unspecified atom stereocenters. The number of benzene rings is 1. The number of carbonyl (C=O) groups excluding carboxylic acids is 1. The largest absolute Gasteiger partial charge is 0.326 e. The molecular formula is C16H20N2O. The lowest BCUT2D eigenvalue weighted by atomic mass is 9.95. The fourth-order valence-electron chi connectivity index (χ4n) is 4.40. The van der Waals surface area contributed by atoms with Gasteiger partial charge >= 0.3 is 0 Å². The van der Waals surface area contributed by atoms with Crippen molar-refractivity contribution in [1.82, 2.24) is 5.32 Å². The molecule has 2 N–H and O–H groups in total. The number of anilines is 1. The van der Waals surface area contributed by atoms with E-state index < -0.39 is 0 Å². The molecule has 3 heteroatoms. The second kappa shape index (κ2) is 4.07. The van der Waals surface area contributed by atoms with Crippen LogP contribution in [-0.4, -0.2) is 13.0 Å². The minimum atomic E-state index is 0.122. The van der Waals surface area contributed by atoms with Gasteiger partial charge in [-0.25, -0.2) is 0 Å². The van der Waals surface area contributed by atoms with Gasteiger partial charge in [0.05, 0.1) is 6.42 Å². The molecule has 2 saturated carbocycles. The van der Waals surface area contributed by atoms with E-state index in [2.05, 4.69) is 35.9 Å². The summed E-state index contributed by atoms with van der Waals surface area (Å²) in [6.07, 6.45) is 4.79. The van der Waals surface area contributed by atoms with E-state index in [-0.39, 0.29) is 5.91 Å². The first-order valence-electron chi connectivity index (χ1n) is 7.38. The second-order valence-corrected chi connectivity index (χ2v) is 6.24. The number of hydrogen-bond acceptors (Lipinski definition) is 2. The highest BCUT2D eigenvalue weighted by atomic mass is 16.1. The van der Waals surface area contributed by atoms with Crippen molar-refractivity contribution in [2.75, 3.05) is 12.4 Å². The van der Waals surface area contributed by atoms with E-state index in [0.717, 1.165) is 29.0 Å². The maximum Gasteiger partial charge on any atom is 0.228 e. The molecule has 0 bridgehead atoms. The quantitative estimate of drug-likeness (QED) is 0.872. The summed E-state index contributed by atoms with van der Waals surface area (Å²) in [7, 11) is 2.06. The van der Waals surface area contributed by atoms with Crippen molar-refractivity contribution < 1.29 is 4.79 Å². The highest BCUT2D eigenvalue weighted by Crippen LogP contribution is 2.62. The average Bonchev–Trinajstić information content (AvgIpc) is 2.79. The fourth-order valence-corrected chi connectivity index (χ4v) is 4.40. The molecule has 1 aliphatic heterocycles. The van der Waals surface area contributed by atoms with Crippen molar-refractivity contribution in [3.63, 3.8) is 0 Å². The fraction of sp³-hybridized carbons (Fsp3) is 0.562. The summed E-state index contributed by atoms with van der Waals surface area (Å²) in [5.74, 6) is 2.84. The van der Waals surface area contributed by atoms with Crippen LogP contribution in [0.4, 0.5) is 5.69 Å². The average molecular weight is 256 g/mol. The van der Waals surface area contributed by atoms with Gasteiger partial charge in [-0.15, -0.1) is 0 Å². The molecule has 4 rings (SSSR count). The molecule has 1 aromatic carbocycles. The standard InChI is InChI=1S/C16H20N2O/c1-17-16(15-11-3-2-4-12(11)15)9-5-6-13-10(7-9)8-14(19)18-13/h5-7,11-12,15-17H,2-4,8H2,1H3,(H,18,19). The van der Waals surface area contributed by atoms with Crippen LogP contribution in [0.3, 0.4) is 0 Å². The van der Waals surface area contributed by atoms with Gasteiger partial charge in [-0.3, -0.25) is 4.79 Å². The van der Waals surface area contributed by atoms with Crippen LogP contribution in [0, 0.1) is 17.8 Å². The van der Waals surface area contributed by atoms with Crippen LogP contribution in [0.1, 0.15) is 36.4 Å². The second-order valence-electron chi connectivity index (χ2n) is 6.24. The topological polar surface area (TPSA) is 41.1 Å². The highest BCUT2D eigenvalue weighted by molar-refractivity contribution is 5.99.